The van der Waals surface area contributed by atoms with Gasteiger partial charge in [-0.05, 0) is 49.4 Å². The molecule has 0 fully saturated rings. The largest absolute Gasteiger partial charge is 0.493 e. The first-order valence-corrected chi connectivity index (χ1v) is 12.1. The number of nitrogens with one attached hydrogen (secondary N) is 1. The van der Waals surface area contributed by atoms with E-state index in [-0.39, 0.29) is 59.5 Å². The number of halogens is 5. The highest BCUT2D eigenvalue weighted by Gasteiger charge is 2.57. The number of nitrogens with two attached hydrogens (primary N) is 1. The topological polar surface area (TPSA) is 136 Å². The second-order valence-corrected chi connectivity index (χ2v) is 9.55. The Balaban J connectivity index is 1.73. The molecule has 1 aliphatic rings. The van der Waals surface area contributed by atoms with Gasteiger partial charge in [0.15, 0.2) is 28.9 Å². The van der Waals surface area contributed by atoms with Gasteiger partial charge in [-0.15, -0.1) is 0 Å². The van der Waals surface area contributed by atoms with Crippen LogP contribution in [0.3, 0.4) is 0 Å². The fourth-order valence-electron chi connectivity index (χ4n) is 4.18. The average molecular weight is 584 g/mol. The number of carbonyl (C=O) groups excluding carboxylic acids is 1. The molecule has 2 heterocycles. The molecule has 0 bridgehead atoms. The van der Waals surface area contributed by atoms with Crippen LogP contribution in [0, 0.1) is 11.6 Å². The van der Waals surface area contributed by atoms with Crippen LogP contribution in [0.25, 0.3) is 11.3 Å². The predicted molar refractivity (Wildman–Crippen MR) is 134 cm³/mol. The van der Waals surface area contributed by atoms with E-state index in [1.807, 2.05) is 0 Å². The number of hydrogen-bond donors (Lipinski definition) is 4. The van der Waals surface area contributed by atoms with Gasteiger partial charge in [-0.2, -0.15) is 13.2 Å². The molecular weight excluding hydrogens is 557 g/mol. The summed E-state index contributed by atoms with van der Waals surface area (Å²) < 4.78 is 87.0. The Labute approximate surface area is 230 Å². The molecule has 2 aromatic carbocycles. The zero-order chi connectivity index (χ0) is 30.2. The molecule has 0 spiro atoms. The van der Waals surface area contributed by atoms with Crippen LogP contribution in [0.4, 0.5) is 22.0 Å². The van der Waals surface area contributed by atoms with Gasteiger partial charge in [-0.25, -0.2) is 13.8 Å². The average Bonchev–Trinajstić information content (AvgIpc) is 3.24. The molecule has 9 nitrogen and oxygen atoms in total. The van der Waals surface area contributed by atoms with Crippen LogP contribution < -0.4 is 25.3 Å². The SMILES string of the molecule is COc1cc(C(=O)NCC(O)(c2cc3c(c(-c4ccc(F)c(F)c4)n2)OCC3(C)N)C(F)(F)F)ccc1OCCO. The van der Waals surface area contributed by atoms with E-state index in [4.69, 9.17) is 25.1 Å². The summed E-state index contributed by atoms with van der Waals surface area (Å²) >= 11 is 0. The third-order valence-corrected chi connectivity index (χ3v) is 6.47. The summed E-state index contributed by atoms with van der Waals surface area (Å²) in [4.78, 5) is 16.8. The molecule has 1 aliphatic heterocycles. The number of pyridine rings is 1. The number of carbonyl (C=O) groups is 1. The van der Waals surface area contributed by atoms with Crippen molar-refractivity contribution in [2.45, 2.75) is 24.2 Å². The highest BCUT2D eigenvalue weighted by atomic mass is 19.4. The number of hydrogen-bond acceptors (Lipinski definition) is 8. The van der Waals surface area contributed by atoms with Gasteiger partial charge < -0.3 is 35.5 Å². The molecule has 2 atom stereocenters. The first-order valence-electron chi connectivity index (χ1n) is 12.1. The van der Waals surface area contributed by atoms with E-state index in [9.17, 15) is 31.9 Å². The summed E-state index contributed by atoms with van der Waals surface area (Å²) in [6.45, 7) is -0.400. The lowest BCUT2D eigenvalue weighted by molar-refractivity contribution is -0.265. The van der Waals surface area contributed by atoms with Crippen molar-refractivity contribution in [2.24, 2.45) is 5.73 Å². The van der Waals surface area contributed by atoms with Crippen molar-refractivity contribution in [3.63, 3.8) is 0 Å². The molecule has 0 saturated carbocycles. The molecular formula is C27H26F5N3O6. The predicted octanol–water partition coefficient (Wildman–Crippen LogP) is 3.15. The molecule has 3 aromatic rings. The van der Waals surface area contributed by atoms with Gasteiger partial charge in [0.05, 0.1) is 31.5 Å². The molecule has 0 aliphatic carbocycles. The Morgan fingerprint density at radius 1 is 1.15 bits per heavy atom. The maximum absolute atomic E-state index is 14.5. The van der Waals surface area contributed by atoms with Crippen molar-refractivity contribution in [3.05, 3.63) is 70.9 Å². The van der Waals surface area contributed by atoms with Crippen molar-refractivity contribution < 1.29 is 51.2 Å². The molecule has 220 valence electrons. The van der Waals surface area contributed by atoms with Crippen LogP contribution in [-0.4, -0.2) is 60.8 Å². The van der Waals surface area contributed by atoms with E-state index in [2.05, 4.69) is 10.3 Å². The molecule has 4 rings (SSSR count). The smallest absolute Gasteiger partial charge is 0.424 e. The summed E-state index contributed by atoms with van der Waals surface area (Å²) in [6, 6.07) is 7.30. The van der Waals surface area contributed by atoms with Crippen LogP contribution in [0.5, 0.6) is 17.2 Å². The Kier molecular flexibility index (Phi) is 8.11. The number of benzene rings is 2. The van der Waals surface area contributed by atoms with Crippen molar-refractivity contribution in [1.82, 2.24) is 10.3 Å². The normalized spacial score (nSPS) is 17.8. The molecule has 0 radical (unpaired) electrons. The van der Waals surface area contributed by atoms with E-state index in [1.165, 1.54) is 32.2 Å². The number of alkyl halides is 3. The summed E-state index contributed by atoms with van der Waals surface area (Å²) in [5.74, 6) is -3.24. The number of aromatic nitrogens is 1. The number of methoxy groups -OCH3 is 1. The van der Waals surface area contributed by atoms with E-state index in [0.717, 1.165) is 24.3 Å². The number of amides is 1. The maximum atomic E-state index is 14.5. The van der Waals surface area contributed by atoms with Crippen molar-refractivity contribution in [3.8, 4) is 28.5 Å². The summed E-state index contributed by atoms with van der Waals surface area (Å²) in [5.41, 5.74) is -0.274. The Morgan fingerprint density at radius 3 is 2.51 bits per heavy atom. The van der Waals surface area contributed by atoms with Crippen LogP contribution in [0.15, 0.2) is 42.5 Å². The van der Waals surface area contributed by atoms with E-state index in [1.54, 1.807) is 0 Å². The van der Waals surface area contributed by atoms with Crippen molar-refractivity contribution in [2.75, 3.05) is 33.5 Å². The minimum atomic E-state index is -5.36. The monoisotopic (exact) mass is 583 g/mol. The van der Waals surface area contributed by atoms with Gasteiger partial charge in [-0.1, -0.05) is 0 Å². The molecule has 41 heavy (non-hydrogen) atoms. The number of nitrogens with zero attached hydrogens (tertiary/aromatic N) is 1. The second kappa shape index (κ2) is 11.1. The third kappa shape index (κ3) is 5.76. The van der Waals surface area contributed by atoms with Crippen LogP contribution in [0.1, 0.15) is 28.5 Å². The van der Waals surface area contributed by atoms with Gasteiger partial charge in [0.1, 0.15) is 18.9 Å². The Hall–Kier alpha value is -4.01. The number of ether oxygens (including phenoxy) is 3. The van der Waals surface area contributed by atoms with Crippen LogP contribution in [-0.2, 0) is 11.1 Å². The lowest BCUT2D eigenvalue weighted by Gasteiger charge is -2.31. The van der Waals surface area contributed by atoms with Crippen molar-refractivity contribution in [1.29, 1.82) is 0 Å². The molecule has 14 heteroatoms. The fraction of sp³-hybridized carbons (Fsp3) is 0.333. The third-order valence-electron chi connectivity index (χ3n) is 6.47. The van der Waals surface area contributed by atoms with E-state index in [0.29, 0.717) is 0 Å². The standard InChI is InChI=1S/C27H26F5N3O6/c1-25(33)13-41-23-16(25)11-21(35-22(23)14-3-5-17(28)18(29)9-14)26(38,27(30,31)32)12-34-24(37)15-4-6-19(40-8-7-36)20(10-15)39-2/h3-6,9-11,36,38H,7-8,12-13,33H2,1-2H3,(H,34,37). The second-order valence-electron chi connectivity index (χ2n) is 9.55. The quantitative estimate of drug-likeness (QED) is 0.282. The summed E-state index contributed by atoms with van der Waals surface area (Å²) in [7, 11) is 1.28. The summed E-state index contributed by atoms with van der Waals surface area (Å²) in [6.07, 6.45) is -5.36. The number of fused-ring (bicyclic) bond motifs is 1. The lowest BCUT2D eigenvalue weighted by Crippen LogP contribution is -2.51. The van der Waals surface area contributed by atoms with Crippen LogP contribution in [0.2, 0.25) is 0 Å². The molecule has 0 saturated heterocycles. The van der Waals surface area contributed by atoms with Gasteiger partial charge in [0, 0.05) is 16.7 Å². The Bertz CT molecular complexity index is 1470. The first-order chi connectivity index (χ1) is 19.2. The first kappa shape index (κ1) is 30.0. The molecule has 2 unspecified atom stereocenters. The highest BCUT2D eigenvalue weighted by Crippen LogP contribution is 2.46. The van der Waals surface area contributed by atoms with Gasteiger partial charge in [0.2, 0.25) is 5.60 Å². The minimum Gasteiger partial charge on any atom is -0.493 e. The highest BCUT2D eigenvalue weighted by molar-refractivity contribution is 5.95. The summed E-state index contributed by atoms with van der Waals surface area (Å²) in [5, 5.41) is 22.0. The minimum absolute atomic E-state index is 0.0411. The maximum Gasteiger partial charge on any atom is 0.424 e. The molecule has 1 amide bonds. The van der Waals surface area contributed by atoms with E-state index < -0.39 is 47.1 Å². The van der Waals surface area contributed by atoms with Gasteiger partial charge >= 0.3 is 6.18 Å². The number of aliphatic hydroxyl groups excluding tert-OH is 1. The van der Waals surface area contributed by atoms with Gasteiger partial charge in [0.25, 0.3) is 5.91 Å². The zero-order valence-corrected chi connectivity index (χ0v) is 21.8. The molecule has 1 aromatic heterocycles. The Morgan fingerprint density at radius 2 is 1.88 bits per heavy atom. The number of aliphatic hydroxyl groups is 2. The fourth-order valence-corrected chi connectivity index (χ4v) is 4.18. The zero-order valence-electron chi connectivity index (χ0n) is 21.8. The number of rotatable bonds is 9. The lowest BCUT2D eigenvalue weighted by atomic mass is 9.89. The van der Waals surface area contributed by atoms with Crippen molar-refractivity contribution >= 4 is 5.91 Å². The van der Waals surface area contributed by atoms with Crippen LogP contribution >= 0.6 is 0 Å². The molecule has 5 N–H and O–H groups in total. The van der Waals surface area contributed by atoms with Gasteiger partial charge in [-0.3, -0.25) is 4.79 Å². The van der Waals surface area contributed by atoms with E-state index >= 15 is 0 Å².